The highest BCUT2D eigenvalue weighted by Crippen LogP contribution is 2.32. The van der Waals surface area contributed by atoms with Crippen molar-refractivity contribution in [1.82, 2.24) is 0 Å². The number of benzene rings is 2. The Balaban J connectivity index is 2.26. The van der Waals surface area contributed by atoms with Crippen LogP contribution in [-0.2, 0) is 6.42 Å². The van der Waals surface area contributed by atoms with Crippen molar-refractivity contribution in [3.8, 4) is 0 Å². The van der Waals surface area contributed by atoms with Gasteiger partial charge in [0.25, 0.3) is 0 Å². The molecule has 0 bridgehead atoms. The Morgan fingerprint density at radius 1 is 0.941 bits per heavy atom. The van der Waals surface area contributed by atoms with Gasteiger partial charge in [0.1, 0.15) is 0 Å². The minimum Gasteiger partial charge on any atom is -0.0898 e. The Morgan fingerprint density at radius 3 is 2.24 bits per heavy atom. The SMILES string of the molecule is CCc1cc(Br)ccc1Sc1ccc(Br)cc1. The van der Waals surface area contributed by atoms with Crippen molar-refractivity contribution in [2.75, 3.05) is 0 Å². The Labute approximate surface area is 123 Å². The van der Waals surface area contributed by atoms with Crippen LogP contribution in [-0.4, -0.2) is 0 Å². The van der Waals surface area contributed by atoms with Crippen molar-refractivity contribution >= 4 is 43.6 Å². The quantitative estimate of drug-likeness (QED) is 0.644. The second-order valence-corrected chi connectivity index (χ2v) is 6.61. The largest absolute Gasteiger partial charge is 0.0898 e. The fraction of sp³-hybridized carbons (Fsp3) is 0.143. The molecule has 0 fully saturated rings. The molecule has 3 heteroatoms. The second-order valence-electron chi connectivity index (χ2n) is 3.66. The van der Waals surface area contributed by atoms with E-state index in [-0.39, 0.29) is 0 Å². The second kappa shape index (κ2) is 6.07. The van der Waals surface area contributed by atoms with Gasteiger partial charge in [-0.25, -0.2) is 0 Å². The Morgan fingerprint density at radius 2 is 1.59 bits per heavy atom. The molecule has 2 aromatic rings. The lowest BCUT2D eigenvalue weighted by Crippen LogP contribution is -1.85. The van der Waals surface area contributed by atoms with Gasteiger partial charge in [-0.2, -0.15) is 0 Å². The van der Waals surface area contributed by atoms with Crippen LogP contribution in [0.3, 0.4) is 0 Å². The zero-order chi connectivity index (χ0) is 12.3. The van der Waals surface area contributed by atoms with Gasteiger partial charge in [0, 0.05) is 18.7 Å². The van der Waals surface area contributed by atoms with E-state index < -0.39 is 0 Å². The van der Waals surface area contributed by atoms with E-state index in [1.54, 1.807) is 0 Å². The summed E-state index contributed by atoms with van der Waals surface area (Å²) in [6, 6.07) is 14.9. The summed E-state index contributed by atoms with van der Waals surface area (Å²) < 4.78 is 2.27. The van der Waals surface area contributed by atoms with Crippen LogP contribution in [0.15, 0.2) is 61.2 Å². The molecule has 0 atom stereocenters. The van der Waals surface area contributed by atoms with E-state index in [1.165, 1.54) is 15.4 Å². The predicted molar refractivity (Wildman–Crippen MR) is 81.8 cm³/mol. The molecule has 0 radical (unpaired) electrons. The van der Waals surface area contributed by atoms with Gasteiger partial charge >= 0.3 is 0 Å². The molecule has 2 rings (SSSR count). The molecule has 0 nitrogen and oxygen atoms in total. The van der Waals surface area contributed by atoms with Gasteiger partial charge in [-0.3, -0.25) is 0 Å². The standard InChI is InChI=1S/C14H12Br2S/c1-2-10-9-12(16)5-8-14(10)17-13-6-3-11(15)4-7-13/h3-9H,2H2,1H3. The number of rotatable bonds is 3. The third-order valence-corrected chi connectivity index (χ3v) is 4.59. The zero-order valence-electron chi connectivity index (χ0n) is 9.41. The van der Waals surface area contributed by atoms with E-state index in [2.05, 4.69) is 81.2 Å². The molecule has 0 aliphatic rings. The normalized spacial score (nSPS) is 10.5. The molecule has 0 saturated carbocycles. The van der Waals surface area contributed by atoms with Crippen LogP contribution in [0.1, 0.15) is 12.5 Å². The molecule has 0 aliphatic carbocycles. The molecular formula is C14H12Br2S. The predicted octanol–water partition coefficient (Wildman–Crippen LogP) is 5.93. The first-order valence-corrected chi connectivity index (χ1v) is 7.81. The first-order valence-electron chi connectivity index (χ1n) is 5.41. The fourth-order valence-electron chi connectivity index (χ4n) is 1.55. The van der Waals surface area contributed by atoms with Crippen molar-refractivity contribution in [2.24, 2.45) is 0 Å². The maximum atomic E-state index is 3.52. The van der Waals surface area contributed by atoms with Crippen molar-refractivity contribution < 1.29 is 0 Å². The summed E-state index contributed by atoms with van der Waals surface area (Å²) in [4.78, 5) is 2.60. The van der Waals surface area contributed by atoms with Crippen molar-refractivity contribution in [3.05, 3.63) is 57.0 Å². The fourth-order valence-corrected chi connectivity index (χ4v) is 3.22. The molecule has 0 heterocycles. The number of aryl methyl sites for hydroxylation is 1. The number of hydrogen-bond donors (Lipinski definition) is 0. The molecule has 0 aromatic heterocycles. The molecular weight excluding hydrogens is 360 g/mol. The summed E-state index contributed by atoms with van der Waals surface area (Å²) in [5.74, 6) is 0. The van der Waals surface area contributed by atoms with Gasteiger partial charge in [-0.15, -0.1) is 0 Å². The van der Waals surface area contributed by atoms with Gasteiger partial charge in [0.2, 0.25) is 0 Å². The van der Waals surface area contributed by atoms with E-state index >= 15 is 0 Å². The highest BCUT2D eigenvalue weighted by Gasteiger charge is 2.03. The lowest BCUT2D eigenvalue weighted by molar-refractivity contribution is 1.08. The van der Waals surface area contributed by atoms with Crippen LogP contribution < -0.4 is 0 Å². The zero-order valence-corrected chi connectivity index (χ0v) is 13.4. The first kappa shape index (κ1) is 13.2. The first-order chi connectivity index (χ1) is 8.19. The maximum Gasteiger partial charge on any atom is 0.0178 e. The highest BCUT2D eigenvalue weighted by molar-refractivity contribution is 9.10. The Hall–Kier alpha value is -0.250. The van der Waals surface area contributed by atoms with Crippen molar-refractivity contribution in [2.45, 2.75) is 23.1 Å². The topological polar surface area (TPSA) is 0 Å². The molecule has 0 N–H and O–H groups in total. The van der Waals surface area contributed by atoms with E-state index in [0.29, 0.717) is 0 Å². The van der Waals surface area contributed by atoms with Crippen LogP contribution in [0.4, 0.5) is 0 Å². The van der Waals surface area contributed by atoms with Gasteiger partial charge in [0.15, 0.2) is 0 Å². The van der Waals surface area contributed by atoms with Crippen molar-refractivity contribution in [1.29, 1.82) is 0 Å². The van der Waals surface area contributed by atoms with Gasteiger partial charge in [-0.1, -0.05) is 50.5 Å². The lowest BCUT2D eigenvalue weighted by Gasteiger charge is -2.08. The van der Waals surface area contributed by atoms with Crippen LogP contribution in [0.25, 0.3) is 0 Å². The smallest absolute Gasteiger partial charge is 0.0178 e. The molecule has 88 valence electrons. The molecule has 0 spiro atoms. The molecule has 0 unspecified atom stereocenters. The third kappa shape index (κ3) is 3.60. The molecule has 17 heavy (non-hydrogen) atoms. The minimum absolute atomic E-state index is 1.05. The Bertz CT molecular complexity index is 506. The summed E-state index contributed by atoms with van der Waals surface area (Å²) in [6.07, 6.45) is 1.05. The van der Waals surface area contributed by atoms with E-state index in [1.807, 2.05) is 11.8 Å². The maximum absolute atomic E-state index is 3.52. The minimum atomic E-state index is 1.05. The average molecular weight is 372 g/mol. The summed E-state index contributed by atoms with van der Waals surface area (Å²) >= 11 is 8.78. The summed E-state index contributed by atoms with van der Waals surface area (Å²) in [5.41, 5.74) is 1.38. The van der Waals surface area contributed by atoms with Crippen molar-refractivity contribution in [3.63, 3.8) is 0 Å². The molecule has 0 aliphatic heterocycles. The van der Waals surface area contributed by atoms with E-state index in [4.69, 9.17) is 0 Å². The van der Waals surface area contributed by atoms with Gasteiger partial charge < -0.3 is 0 Å². The van der Waals surface area contributed by atoms with E-state index in [0.717, 1.165) is 15.4 Å². The molecule has 0 saturated heterocycles. The monoisotopic (exact) mass is 370 g/mol. The number of hydrogen-bond acceptors (Lipinski definition) is 1. The third-order valence-electron chi connectivity index (χ3n) is 2.44. The Kier molecular flexibility index (Phi) is 4.71. The summed E-state index contributed by atoms with van der Waals surface area (Å²) in [5, 5.41) is 0. The molecule has 2 aromatic carbocycles. The van der Waals surface area contributed by atoms with Gasteiger partial charge in [0.05, 0.1) is 0 Å². The van der Waals surface area contributed by atoms with Crippen LogP contribution in [0, 0.1) is 0 Å². The van der Waals surface area contributed by atoms with Gasteiger partial charge in [-0.05, 0) is 54.4 Å². The highest BCUT2D eigenvalue weighted by atomic mass is 79.9. The lowest BCUT2D eigenvalue weighted by atomic mass is 10.2. The van der Waals surface area contributed by atoms with Crippen LogP contribution >= 0.6 is 43.6 Å². The van der Waals surface area contributed by atoms with E-state index in [9.17, 15) is 0 Å². The summed E-state index contributed by atoms with van der Waals surface area (Å²) in [7, 11) is 0. The van der Waals surface area contributed by atoms with Crippen LogP contribution in [0.2, 0.25) is 0 Å². The molecule has 0 amide bonds. The average Bonchev–Trinajstić information content (AvgIpc) is 2.34. The summed E-state index contributed by atoms with van der Waals surface area (Å²) in [6.45, 7) is 2.19. The van der Waals surface area contributed by atoms with Crippen LogP contribution in [0.5, 0.6) is 0 Å². The number of halogens is 2.